The number of anilines is 2. The van der Waals surface area contributed by atoms with Gasteiger partial charge < -0.3 is 5.32 Å². The van der Waals surface area contributed by atoms with Gasteiger partial charge in [-0.25, -0.2) is 0 Å². The van der Waals surface area contributed by atoms with Crippen LogP contribution in [0.3, 0.4) is 0 Å². The van der Waals surface area contributed by atoms with Crippen molar-refractivity contribution in [1.29, 1.82) is 0 Å². The molecule has 0 atom stereocenters. The third-order valence-electron chi connectivity index (χ3n) is 4.15. The third-order valence-corrected chi connectivity index (χ3v) is 6.15. The maximum atomic E-state index is 5.99. The van der Waals surface area contributed by atoms with E-state index >= 15 is 0 Å². The van der Waals surface area contributed by atoms with Crippen LogP contribution in [0, 0.1) is 13.8 Å². The molecule has 3 aromatic carbocycles. The highest BCUT2D eigenvalue weighted by Gasteiger charge is 2.10. The van der Waals surface area contributed by atoms with Crippen LogP contribution in [-0.2, 0) is 0 Å². The summed E-state index contributed by atoms with van der Waals surface area (Å²) >= 11 is 9.02. The van der Waals surface area contributed by atoms with E-state index in [0.29, 0.717) is 21.3 Å². The summed E-state index contributed by atoms with van der Waals surface area (Å²) in [6.07, 6.45) is 0. The lowest BCUT2D eigenvalue weighted by Crippen LogP contribution is -2.02. The molecule has 1 aromatic heterocycles. The lowest BCUT2D eigenvalue weighted by Gasteiger charge is -2.09. The summed E-state index contributed by atoms with van der Waals surface area (Å²) in [6, 6.07) is 24.1. The van der Waals surface area contributed by atoms with Crippen LogP contribution in [0.5, 0.6) is 0 Å². The minimum absolute atomic E-state index is 0.497. The highest BCUT2D eigenvalue weighted by molar-refractivity contribution is 7.99. The molecule has 4 nitrogen and oxygen atoms in total. The van der Waals surface area contributed by atoms with Crippen molar-refractivity contribution in [2.24, 2.45) is 0 Å². The van der Waals surface area contributed by atoms with Gasteiger partial charge in [0, 0.05) is 20.5 Å². The molecule has 1 N–H and O–H groups in total. The zero-order valence-corrected chi connectivity index (χ0v) is 18.9. The Labute approximate surface area is 189 Å². The maximum Gasteiger partial charge on any atom is 0.232 e. The monoisotopic (exact) mass is 450 g/mol. The van der Waals surface area contributed by atoms with Crippen molar-refractivity contribution >= 4 is 46.8 Å². The lowest BCUT2D eigenvalue weighted by molar-refractivity contribution is 0.810. The molecule has 0 aliphatic rings. The summed E-state index contributed by atoms with van der Waals surface area (Å²) in [5, 5.41) is 5.21. The number of halogens is 1. The van der Waals surface area contributed by atoms with E-state index in [4.69, 9.17) is 11.6 Å². The van der Waals surface area contributed by atoms with Crippen LogP contribution >= 0.6 is 35.1 Å². The molecular formula is C23H19ClN4S2. The number of aryl methyl sites for hydroxylation is 2. The van der Waals surface area contributed by atoms with Gasteiger partial charge in [-0.2, -0.15) is 15.0 Å². The standard InChI is InChI=1S/C23H19ClN4S2/c1-15-3-11-19(12-4-15)29-22-26-21(25-18-9-7-17(24)8-10-18)27-23(28-22)30-20-13-5-16(2)6-14-20/h3-14H,1-2H3,(H,25,26,27,28). The lowest BCUT2D eigenvalue weighted by atomic mass is 10.2. The van der Waals surface area contributed by atoms with Crippen LogP contribution in [0.4, 0.5) is 11.6 Å². The van der Waals surface area contributed by atoms with Crippen LogP contribution < -0.4 is 5.32 Å². The number of hydrogen-bond donors (Lipinski definition) is 1. The minimum Gasteiger partial charge on any atom is -0.324 e. The van der Waals surface area contributed by atoms with E-state index in [1.165, 1.54) is 34.7 Å². The Balaban J connectivity index is 1.64. The predicted octanol–water partition coefficient (Wildman–Crippen LogP) is 7.19. The molecule has 0 saturated heterocycles. The van der Waals surface area contributed by atoms with Gasteiger partial charge in [0.05, 0.1) is 0 Å². The topological polar surface area (TPSA) is 50.7 Å². The van der Waals surface area contributed by atoms with Crippen molar-refractivity contribution in [2.45, 2.75) is 34.0 Å². The summed E-state index contributed by atoms with van der Waals surface area (Å²) in [7, 11) is 0. The number of hydrogen-bond acceptors (Lipinski definition) is 6. The van der Waals surface area contributed by atoms with Gasteiger partial charge in [0.1, 0.15) is 0 Å². The summed E-state index contributed by atoms with van der Waals surface area (Å²) < 4.78 is 0. The molecule has 0 spiro atoms. The molecule has 0 amide bonds. The first-order valence-electron chi connectivity index (χ1n) is 9.31. The Hall–Kier alpha value is -2.54. The molecule has 0 unspecified atom stereocenters. The third kappa shape index (κ3) is 5.75. The van der Waals surface area contributed by atoms with Gasteiger partial charge >= 0.3 is 0 Å². The van der Waals surface area contributed by atoms with Crippen molar-refractivity contribution in [1.82, 2.24) is 15.0 Å². The molecule has 150 valence electrons. The second kappa shape index (κ2) is 9.51. The summed E-state index contributed by atoms with van der Waals surface area (Å²) in [6.45, 7) is 4.14. The molecule has 30 heavy (non-hydrogen) atoms. The first kappa shape index (κ1) is 20.7. The van der Waals surface area contributed by atoms with Crippen LogP contribution in [0.25, 0.3) is 0 Å². The van der Waals surface area contributed by atoms with E-state index in [1.807, 2.05) is 24.3 Å². The number of nitrogens with zero attached hydrogens (tertiary/aromatic N) is 3. The molecular weight excluding hydrogens is 432 g/mol. The Kier molecular flexibility index (Phi) is 6.57. The second-order valence-corrected chi connectivity index (χ2v) is 9.20. The van der Waals surface area contributed by atoms with Gasteiger partial charge in [-0.05, 0) is 85.9 Å². The van der Waals surface area contributed by atoms with Gasteiger partial charge in [-0.3, -0.25) is 0 Å². The Morgan fingerprint density at radius 2 is 1.10 bits per heavy atom. The van der Waals surface area contributed by atoms with Gasteiger partial charge in [-0.1, -0.05) is 47.0 Å². The smallest absolute Gasteiger partial charge is 0.232 e. The molecule has 0 saturated carbocycles. The zero-order valence-electron chi connectivity index (χ0n) is 16.5. The number of benzene rings is 3. The average Bonchev–Trinajstić information content (AvgIpc) is 2.73. The normalized spacial score (nSPS) is 10.8. The molecule has 7 heteroatoms. The molecule has 4 rings (SSSR count). The van der Waals surface area contributed by atoms with Gasteiger partial charge in [0.15, 0.2) is 10.3 Å². The van der Waals surface area contributed by atoms with Crippen LogP contribution in [0.2, 0.25) is 5.02 Å². The second-order valence-electron chi connectivity index (χ2n) is 6.69. The zero-order chi connectivity index (χ0) is 20.9. The predicted molar refractivity (Wildman–Crippen MR) is 125 cm³/mol. The first-order valence-corrected chi connectivity index (χ1v) is 11.3. The van der Waals surface area contributed by atoms with E-state index in [1.54, 1.807) is 0 Å². The quantitative estimate of drug-likeness (QED) is 0.335. The van der Waals surface area contributed by atoms with Crippen molar-refractivity contribution in [3.8, 4) is 0 Å². The fourth-order valence-corrected chi connectivity index (χ4v) is 4.25. The van der Waals surface area contributed by atoms with Gasteiger partial charge in [-0.15, -0.1) is 0 Å². The molecule has 0 bridgehead atoms. The number of nitrogens with one attached hydrogen (secondary N) is 1. The number of aromatic nitrogens is 3. The average molecular weight is 451 g/mol. The number of rotatable bonds is 6. The van der Waals surface area contributed by atoms with Crippen LogP contribution in [0.1, 0.15) is 11.1 Å². The molecule has 0 radical (unpaired) electrons. The van der Waals surface area contributed by atoms with Crippen LogP contribution in [-0.4, -0.2) is 15.0 Å². The molecule has 0 fully saturated rings. The Morgan fingerprint density at radius 3 is 1.57 bits per heavy atom. The maximum absolute atomic E-state index is 5.99. The van der Waals surface area contributed by atoms with Crippen molar-refractivity contribution in [2.75, 3.05) is 5.32 Å². The molecule has 0 aliphatic heterocycles. The summed E-state index contributed by atoms with van der Waals surface area (Å²) in [5.41, 5.74) is 3.30. The SMILES string of the molecule is Cc1ccc(Sc2nc(Nc3ccc(Cl)cc3)nc(Sc3ccc(C)cc3)n2)cc1. The van der Waals surface area contributed by atoms with Crippen LogP contribution in [0.15, 0.2) is 92.9 Å². The summed E-state index contributed by atoms with van der Waals surface area (Å²) in [5.74, 6) is 0.497. The highest BCUT2D eigenvalue weighted by Crippen LogP contribution is 2.31. The van der Waals surface area contributed by atoms with E-state index in [0.717, 1.165) is 15.5 Å². The van der Waals surface area contributed by atoms with E-state index in [9.17, 15) is 0 Å². The molecule has 1 heterocycles. The van der Waals surface area contributed by atoms with Gasteiger partial charge in [0.25, 0.3) is 0 Å². The summed E-state index contributed by atoms with van der Waals surface area (Å²) in [4.78, 5) is 16.0. The fraction of sp³-hybridized carbons (Fsp3) is 0.0870. The largest absolute Gasteiger partial charge is 0.324 e. The highest BCUT2D eigenvalue weighted by atomic mass is 35.5. The van der Waals surface area contributed by atoms with E-state index in [2.05, 4.69) is 82.6 Å². The molecule has 0 aliphatic carbocycles. The minimum atomic E-state index is 0.497. The first-order chi connectivity index (χ1) is 14.5. The fourth-order valence-electron chi connectivity index (χ4n) is 2.57. The van der Waals surface area contributed by atoms with Gasteiger partial charge in [0.2, 0.25) is 5.95 Å². The molecule has 4 aromatic rings. The van der Waals surface area contributed by atoms with Crippen molar-refractivity contribution in [3.05, 3.63) is 88.9 Å². The van der Waals surface area contributed by atoms with Crippen molar-refractivity contribution < 1.29 is 0 Å². The Morgan fingerprint density at radius 1 is 0.633 bits per heavy atom. The Bertz CT molecular complexity index is 973. The van der Waals surface area contributed by atoms with Crippen molar-refractivity contribution in [3.63, 3.8) is 0 Å². The van der Waals surface area contributed by atoms with E-state index < -0.39 is 0 Å². The van der Waals surface area contributed by atoms with E-state index in [-0.39, 0.29) is 0 Å².